The zero-order chi connectivity index (χ0) is 15.6. The van der Waals surface area contributed by atoms with Crippen molar-refractivity contribution < 1.29 is 4.79 Å². The third-order valence-corrected chi connectivity index (χ3v) is 4.28. The molecule has 0 fully saturated rings. The molecule has 0 aliphatic rings. The summed E-state index contributed by atoms with van der Waals surface area (Å²) in [7, 11) is 0. The van der Waals surface area contributed by atoms with Gasteiger partial charge < -0.3 is 9.69 Å². The molecule has 2 aromatic rings. The van der Waals surface area contributed by atoms with Gasteiger partial charge in [0.25, 0.3) is 0 Å². The van der Waals surface area contributed by atoms with Gasteiger partial charge in [-0.25, -0.2) is 9.97 Å². The third kappa shape index (κ3) is 5.56. The first-order valence-corrected chi connectivity index (χ1v) is 8.73. The van der Waals surface area contributed by atoms with Crippen molar-refractivity contribution in [1.29, 1.82) is 0 Å². The fraction of sp³-hybridized carbons (Fsp3) is 0.471. The number of Topliss-reactive ketones (excluding diaryl/α,β-unsaturated/α-hetero) is 1. The van der Waals surface area contributed by atoms with Gasteiger partial charge in [0.1, 0.15) is 11.6 Å². The summed E-state index contributed by atoms with van der Waals surface area (Å²) in [5.74, 6) is 1.25. The van der Waals surface area contributed by atoms with Crippen LogP contribution in [0.1, 0.15) is 45.4 Å². The normalized spacial score (nSPS) is 10.6. The average molecular weight is 317 g/mol. The van der Waals surface area contributed by atoms with E-state index in [2.05, 4.69) is 14.9 Å². The van der Waals surface area contributed by atoms with Crippen LogP contribution in [0.15, 0.2) is 36.0 Å². The summed E-state index contributed by atoms with van der Waals surface area (Å²) >= 11 is 1.64. The minimum Gasteiger partial charge on any atom is -0.302 e. The predicted molar refractivity (Wildman–Crippen MR) is 91.7 cm³/mol. The van der Waals surface area contributed by atoms with Crippen molar-refractivity contribution in [3.05, 3.63) is 36.0 Å². The Morgan fingerprint density at radius 3 is 2.59 bits per heavy atom. The molecule has 0 atom stereocenters. The molecule has 2 aromatic heterocycles. The molecule has 2 heterocycles. The monoisotopic (exact) mass is 317 g/mol. The van der Waals surface area contributed by atoms with Crippen LogP contribution in [-0.4, -0.2) is 22.3 Å². The van der Waals surface area contributed by atoms with Crippen LogP contribution >= 0.6 is 11.3 Å². The van der Waals surface area contributed by atoms with Gasteiger partial charge in [-0.1, -0.05) is 25.3 Å². The number of ketones is 1. The van der Waals surface area contributed by atoms with Crippen molar-refractivity contribution in [3.8, 4) is 0 Å². The van der Waals surface area contributed by atoms with E-state index in [0.29, 0.717) is 5.78 Å². The van der Waals surface area contributed by atoms with E-state index in [9.17, 15) is 4.79 Å². The van der Waals surface area contributed by atoms with E-state index in [1.54, 1.807) is 18.3 Å². The number of hydrogen-bond donors (Lipinski definition) is 0. The number of unbranched alkanes of at least 4 members (excludes halogenated alkanes) is 4. The summed E-state index contributed by atoms with van der Waals surface area (Å²) < 4.78 is 0. The Kier molecular flexibility index (Phi) is 7.03. The molecule has 0 aromatic carbocycles. The van der Waals surface area contributed by atoms with Crippen LogP contribution in [0.3, 0.4) is 0 Å². The standard InChI is InChI=1S/C17H23N3OS/c1-15(21)9-5-3-2-4-8-13-20(17-19-12-14-22-17)16-10-6-7-11-18-16/h6-7,10-12,14H,2-5,8-9,13H2,1H3. The van der Waals surface area contributed by atoms with Crippen LogP contribution in [-0.2, 0) is 4.79 Å². The van der Waals surface area contributed by atoms with Gasteiger partial charge in [-0.2, -0.15) is 0 Å². The average Bonchev–Trinajstić information content (AvgIpc) is 3.04. The molecule has 0 N–H and O–H groups in total. The second-order valence-corrected chi connectivity index (χ2v) is 6.25. The topological polar surface area (TPSA) is 46.1 Å². The van der Waals surface area contributed by atoms with Crippen molar-refractivity contribution in [2.45, 2.75) is 45.4 Å². The quantitative estimate of drug-likeness (QED) is 0.601. The first kappa shape index (κ1) is 16.6. The molecule has 118 valence electrons. The molecule has 0 amide bonds. The molecule has 0 bridgehead atoms. The maximum atomic E-state index is 10.9. The molecule has 0 radical (unpaired) electrons. The van der Waals surface area contributed by atoms with Gasteiger partial charge >= 0.3 is 0 Å². The number of carbonyl (C=O) groups excluding carboxylic acids is 1. The molecule has 0 saturated carbocycles. The largest absolute Gasteiger partial charge is 0.302 e. The second-order valence-electron chi connectivity index (χ2n) is 5.37. The van der Waals surface area contributed by atoms with Crippen LogP contribution in [0.5, 0.6) is 0 Å². The van der Waals surface area contributed by atoms with Crippen molar-refractivity contribution in [3.63, 3.8) is 0 Å². The fourth-order valence-electron chi connectivity index (χ4n) is 2.35. The van der Waals surface area contributed by atoms with E-state index in [1.165, 1.54) is 12.8 Å². The van der Waals surface area contributed by atoms with E-state index in [-0.39, 0.29) is 0 Å². The van der Waals surface area contributed by atoms with Crippen molar-refractivity contribution in [2.75, 3.05) is 11.4 Å². The predicted octanol–water partition coefficient (Wildman–Crippen LogP) is 4.61. The van der Waals surface area contributed by atoms with Gasteiger partial charge in [0.05, 0.1) is 0 Å². The molecule has 0 saturated heterocycles. The van der Waals surface area contributed by atoms with E-state index in [4.69, 9.17) is 0 Å². The van der Waals surface area contributed by atoms with Gasteiger partial charge in [0.15, 0.2) is 5.13 Å². The highest BCUT2D eigenvalue weighted by molar-refractivity contribution is 7.13. The summed E-state index contributed by atoms with van der Waals surface area (Å²) in [6.07, 6.45) is 9.99. The Balaban J connectivity index is 1.78. The Hall–Kier alpha value is -1.75. The lowest BCUT2D eigenvalue weighted by atomic mass is 10.1. The minimum absolute atomic E-state index is 0.296. The van der Waals surface area contributed by atoms with E-state index in [1.807, 2.05) is 36.0 Å². The van der Waals surface area contributed by atoms with E-state index < -0.39 is 0 Å². The second kappa shape index (κ2) is 9.30. The number of anilines is 2. The van der Waals surface area contributed by atoms with E-state index in [0.717, 1.165) is 43.2 Å². The lowest BCUT2D eigenvalue weighted by Gasteiger charge is -2.20. The number of pyridine rings is 1. The Bertz CT molecular complexity index is 542. The van der Waals surface area contributed by atoms with Crippen LogP contribution in [0.4, 0.5) is 10.9 Å². The summed E-state index contributed by atoms with van der Waals surface area (Å²) in [6.45, 7) is 2.59. The number of hydrogen-bond acceptors (Lipinski definition) is 5. The SMILES string of the molecule is CC(=O)CCCCCCCN(c1ccccn1)c1nccs1. The Labute approximate surface area is 136 Å². The number of aromatic nitrogens is 2. The zero-order valence-corrected chi connectivity index (χ0v) is 13.9. The minimum atomic E-state index is 0.296. The molecule has 5 heteroatoms. The van der Waals surface area contributed by atoms with Gasteiger partial charge in [-0.05, 0) is 31.9 Å². The molecule has 0 unspecified atom stereocenters. The first-order valence-electron chi connectivity index (χ1n) is 7.85. The highest BCUT2D eigenvalue weighted by Crippen LogP contribution is 2.25. The molecule has 2 rings (SSSR count). The van der Waals surface area contributed by atoms with Crippen molar-refractivity contribution in [1.82, 2.24) is 9.97 Å². The highest BCUT2D eigenvalue weighted by Gasteiger charge is 2.12. The van der Waals surface area contributed by atoms with Crippen LogP contribution in [0.25, 0.3) is 0 Å². The number of nitrogens with zero attached hydrogens (tertiary/aromatic N) is 3. The maximum absolute atomic E-state index is 10.9. The van der Waals surface area contributed by atoms with Crippen LogP contribution in [0, 0.1) is 0 Å². The summed E-state index contributed by atoms with van der Waals surface area (Å²) in [5, 5.41) is 2.99. The summed E-state index contributed by atoms with van der Waals surface area (Å²) in [5.41, 5.74) is 0. The molecule has 0 aliphatic heterocycles. The molecular formula is C17H23N3OS. The van der Waals surface area contributed by atoms with Crippen molar-refractivity contribution in [2.24, 2.45) is 0 Å². The maximum Gasteiger partial charge on any atom is 0.190 e. The van der Waals surface area contributed by atoms with Gasteiger partial charge in [0, 0.05) is 30.7 Å². The summed E-state index contributed by atoms with van der Waals surface area (Å²) in [4.78, 5) is 21.9. The molecule has 22 heavy (non-hydrogen) atoms. The molecule has 4 nitrogen and oxygen atoms in total. The number of carbonyl (C=O) groups is 1. The van der Waals surface area contributed by atoms with E-state index >= 15 is 0 Å². The lowest BCUT2D eigenvalue weighted by molar-refractivity contribution is -0.117. The van der Waals surface area contributed by atoms with Gasteiger partial charge in [0.2, 0.25) is 0 Å². The Morgan fingerprint density at radius 1 is 1.09 bits per heavy atom. The van der Waals surface area contributed by atoms with Crippen LogP contribution < -0.4 is 4.90 Å². The van der Waals surface area contributed by atoms with Gasteiger partial charge in [-0.15, -0.1) is 11.3 Å². The lowest BCUT2D eigenvalue weighted by Crippen LogP contribution is -2.19. The smallest absolute Gasteiger partial charge is 0.190 e. The summed E-state index contributed by atoms with van der Waals surface area (Å²) in [6, 6.07) is 5.96. The van der Waals surface area contributed by atoms with Crippen LogP contribution in [0.2, 0.25) is 0 Å². The molecular weight excluding hydrogens is 294 g/mol. The Morgan fingerprint density at radius 2 is 1.91 bits per heavy atom. The van der Waals surface area contributed by atoms with Gasteiger partial charge in [-0.3, -0.25) is 0 Å². The molecule has 0 aliphatic carbocycles. The molecule has 0 spiro atoms. The fourth-order valence-corrected chi connectivity index (χ4v) is 3.02. The van der Waals surface area contributed by atoms with Crippen molar-refractivity contribution >= 4 is 28.1 Å². The number of rotatable bonds is 10. The zero-order valence-electron chi connectivity index (χ0n) is 13.1. The third-order valence-electron chi connectivity index (χ3n) is 3.49. The first-order chi connectivity index (χ1) is 10.8. The highest BCUT2D eigenvalue weighted by atomic mass is 32.1. The number of thiazole rings is 1.